The fourth-order valence-corrected chi connectivity index (χ4v) is 2.18. The van der Waals surface area contributed by atoms with Crippen LogP contribution in [0, 0.1) is 0 Å². The van der Waals surface area contributed by atoms with Gasteiger partial charge in [-0.15, -0.1) is 11.6 Å². The van der Waals surface area contributed by atoms with Crippen LogP contribution < -0.4 is 14.8 Å². The molecule has 1 amide bonds. The molecule has 22 heavy (non-hydrogen) atoms. The van der Waals surface area contributed by atoms with E-state index in [4.69, 9.17) is 21.1 Å². The third kappa shape index (κ3) is 4.78. The predicted molar refractivity (Wildman–Crippen MR) is 88.9 cm³/mol. The summed E-state index contributed by atoms with van der Waals surface area (Å²) in [6, 6.07) is 5.48. The van der Waals surface area contributed by atoms with E-state index in [1.807, 2.05) is 7.05 Å². The van der Waals surface area contributed by atoms with Crippen molar-refractivity contribution in [2.45, 2.75) is 25.3 Å². The van der Waals surface area contributed by atoms with E-state index in [0.29, 0.717) is 23.6 Å². The van der Waals surface area contributed by atoms with Crippen molar-refractivity contribution in [2.24, 2.45) is 0 Å². The average Bonchev–Trinajstić information content (AvgIpc) is 2.56. The molecule has 0 radical (unpaired) electrons. The number of alkyl halides is 1. The van der Waals surface area contributed by atoms with Gasteiger partial charge in [0, 0.05) is 12.6 Å². The molecule has 0 aliphatic carbocycles. The van der Waals surface area contributed by atoms with E-state index >= 15 is 0 Å². The Morgan fingerprint density at radius 3 is 2.50 bits per heavy atom. The quantitative estimate of drug-likeness (QED) is 0.745. The minimum atomic E-state index is -0.765. The number of methoxy groups -OCH3 is 2. The van der Waals surface area contributed by atoms with Gasteiger partial charge in [0.2, 0.25) is 5.91 Å². The average molecular weight is 329 g/mol. The Morgan fingerprint density at radius 1 is 1.32 bits per heavy atom. The first-order chi connectivity index (χ1) is 10.4. The SMILES string of the molecule is CCN(C)C(C)CNC(=O)C(Cl)c1ccc(OC)c(OC)c1. The lowest BCUT2D eigenvalue weighted by Gasteiger charge is -2.23. The molecule has 0 aliphatic heterocycles. The normalized spacial score (nSPS) is 13.6. The summed E-state index contributed by atoms with van der Waals surface area (Å²) in [5.74, 6) is 0.941. The van der Waals surface area contributed by atoms with Crippen molar-refractivity contribution in [3.63, 3.8) is 0 Å². The number of hydrogen-bond acceptors (Lipinski definition) is 4. The Bertz CT molecular complexity index is 496. The van der Waals surface area contributed by atoms with Gasteiger partial charge in [-0.05, 0) is 38.2 Å². The van der Waals surface area contributed by atoms with Crippen LogP contribution >= 0.6 is 11.6 Å². The molecule has 0 saturated carbocycles. The third-order valence-corrected chi connectivity index (χ3v) is 4.20. The first kappa shape index (κ1) is 18.6. The van der Waals surface area contributed by atoms with Crippen LogP contribution in [-0.4, -0.2) is 51.2 Å². The summed E-state index contributed by atoms with van der Waals surface area (Å²) in [5, 5.41) is 2.11. The number of amides is 1. The number of nitrogens with one attached hydrogen (secondary N) is 1. The number of carbonyl (C=O) groups excluding carboxylic acids is 1. The lowest BCUT2D eigenvalue weighted by atomic mass is 10.1. The molecule has 1 rings (SSSR count). The van der Waals surface area contributed by atoms with Crippen molar-refractivity contribution < 1.29 is 14.3 Å². The van der Waals surface area contributed by atoms with E-state index in [2.05, 4.69) is 24.1 Å². The molecule has 1 aromatic rings. The lowest BCUT2D eigenvalue weighted by Crippen LogP contribution is -2.40. The number of carbonyl (C=O) groups is 1. The van der Waals surface area contributed by atoms with E-state index < -0.39 is 5.38 Å². The highest BCUT2D eigenvalue weighted by molar-refractivity contribution is 6.30. The molecule has 124 valence electrons. The molecule has 1 aromatic carbocycles. The predicted octanol–water partition coefficient (Wildman–Crippen LogP) is 2.44. The van der Waals surface area contributed by atoms with Gasteiger partial charge in [0.15, 0.2) is 11.5 Å². The van der Waals surface area contributed by atoms with Crippen LogP contribution in [0.1, 0.15) is 24.8 Å². The van der Waals surface area contributed by atoms with Gasteiger partial charge in [0.25, 0.3) is 0 Å². The largest absolute Gasteiger partial charge is 0.493 e. The van der Waals surface area contributed by atoms with Crippen LogP contribution in [0.5, 0.6) is 11.5 Å². The highest BCUT2D eigenvalue weighted by Gasteiger charge is 2.20. The Balaban J connectivity index is 2.70. The summed E-state index contributed by atoms with van der Waals surface area (Å²) in [6.45, 7) is 5.62. The second-order valence-corrected chi connectivity index (χ2v) is 5.58. The zero-order valence-electron chi connectivity index (χ0n) is 13.9. The van der Waals surface area contributed by atoms with Crippen molar-refractivity contribution in [3.05, 3.63) is 23.8 Å². The van der Waals surface area contributed by atoms with Gasteiger partial charge < -0.3 is 19.7 Å². The lowest BCUT2D eigenvalue weighted by molar-refractivity contribution is -0.121. The Morgan fingerprint density at radius 2 is 1.95 bits per heavy atom. The summed E-state index contributed by atoms with van der Waals surface area (Å²) in [7, 11) is 5.13. The molecule has 0 bridgehead atoms. The molecular weight excluding hydrogens is 304 g/mol. The fraction of sp³-hybridized carbons (Fsp3) is 0.562. The minimum Gasteiger partial charge on any atom is -0.493 e. The van der Waals surface area contributed by atoms with Crippen molar-refractivity contribution in [2.75, 3.05) is 34.4 Å². The second kappa shape index (κ2) is 8.86. The van der Waals surface area contributed by atoms with Gasteiger partial charge in [-0.1, -0.05) is 13.0 Å². The smallest absolute Gasteiger partial charge is 0.242 e. The molecule has 0 aliphatic rings. The first-order valence-corrected chi connectivity index (χ1v) is 7.72. The van der Waals surface area contributed by atoms with Crippen LogP contribution in [0.15, 0.2) is 18.2 Å². The standard InChI is InChI=1S/C16H25ClN2O3/c1-6-19(3)11(2)10-18-16(20)15(17)12-7-8-13(21-4)14(9-12)22-5/h7-9,11,15H,6,10H2,1-5H3,(H,18,20). The number of nitrogens with zero attached hydrogens (tertiary/aromatic N) is 1. The second-order valence-electron chi connectivity index (χ2n) is 5.14. The molecule has 5 nitrogen and oxygen atoms in total. The van der Waals surface area contributed by atoms with Gasteiger partial charge >= 0.3 is 0 Å². The summed E-state index contributed by atoms with van der Waals surface area (Å²) in [5.41, 5.74) is 0.674. The summed E-state index contributed by atoms with van der Waals surface area (Å²) in [6.07, 6.45) is 0. The van der Waals surface area contributed by atoms with Crippen molar-refractivity contribution in [3.8, 4) is 11.5 Å². The molecule has 1 N–H and O–H groups in total. The van der Waals surface area contributed by atoms with Gasteiger partial charge in [-0.3, -0.25) is 4.79 Å². The van der Waals surface area contributed by atoms with Gasteiger partial charge in [-0.2, -0.15) is 0 Å². The maximum Gasteiger partial charge on any atom is 0.242 e. The molecular formula is C16H25ClN2O3. The van der Waals surface area contributed by atoms with E-state index in [1.54, 1.807) is 32.4 Å². The summed E-state index contributed by atoms with van der Waals surface area (Å²) >= 11 is 6.26. The van der Waals surface area contributed by atoms with Gasteiger partial charge in [-0.25, -0.2) is 0 Å². The number of benzene rings is 1. The maximum absolute atomic E-state index is 12.2. The molecule has 2 unspecified atom stereocenters. The number of hydrogen-bond donors (Lipinski definition) is 1. The Kier molecular flexibility index (Phi) is 7.48. The molecule has 0 heterocycles. The van der Waals surface area contributed by atoms with Crippen LogP contribution in [-0.2, 0) is 4.79 Å². The molecule has 0 aromatic heterocycles. The Labute approximate surface area is 137 Å². The number of ether oxygens (including phenoxy) is 2. The van der Waals surface area contributed by atoms with Crippen molar-refractivity contribution in [1.82, 2.24) is 10.2 Å². The number of halogens is 1. The third-order valence-electron chi connectivity index (χ3n) is 3.75. The summed E-state index contributed by atoms with van der Waals surface area (Å²) in [4.78, 5) is 14.3. The van der Waals surface area contributed by atoms with Crippen LogP contribution in [0.4, 0.5) is 0 Å². The van der Waals surface area contributed by atoms with Crippen molar-refractivity contribution >= 4 is 17.5 Å². The van der Waals surface area contributed by atoms with Crippen LogP contribution in [0.25, 0.3) is 0 Å². The number of rotatable bonds is 8. The van der Waals surface area contributed by atoms with E-state index in [0.717, 1.165) is 6.54 Å². The van der Waals surface area contributed by atoms with Crippen molar-refractivity contribution in [1.29, 1.82) is 0 Å². The molecule has 0 spiro atoms. The highest BCUT2D eigenvalue weighted by Crippen LogP contribution is 2.32. The van der Waals surface area contributed by atoms with E-state index in [9.17, 15) is 4.79 Å². The zero-order valence-corrected chi connectivity index (χ0v) is 14.6. The van der Waals surface area contributed by atoms with E-state index in [1.165, 1.54) is 0 Å². The van der Waals surface area contributed by atoms with Gasteiger partial charge in [0.05, 0.1) is 14.2 Å². The first-order valence-electron chi connectivity index (χ1n) is 7.28. The zero-order chi connectivity index (χ0) is 16.7. The molecule has 2 atom stereocenters. The highest BCUT2D eigenvalue weighted by atomic mass is 35.5. The monoisotopic (exact) mass is 328 g/mol. The molecule has 0 fully saturated rings. The fourth-order valence-electron chi connectivity index (χ4n) is 1.97. The van der Waals surface area contributed by atoms with E-state index in [-0.39, 0.29) is 11.9 Å². The number of likely N-dealkylation sites (N-methyl/N-ethyl adjacent to an activating group) is 1. The molecule has 0 saturated heterocycles. The summed E-state index contributed by atoms with van der Waals surface area (Å²) < 4.78 is 10.4. The Hall–Kier alpha value is -1.46. The maximum atomic E-state index is 12.2. The van der Waals surface area contributed by atoms with Crippen LogP contribution in [0.2, 0.25) is 0 Å². The topological polar surface area (TPSA) is 50.8 Å². The minimum absolute atomic E-state index is 0.217. The van der Waals surface area contributed by atoms with Crippen LogP contribution in [0.3, 0.4) is 0 Å². The van der Waals surface area contributed by atoms with Gasteiger partial charge in [0.1, 0.15) is 5.38 Å². The molecule has 6 heteroatoms.